The fourth-order valence-corrected chi connectivity index (χ4v) is 3.59. The van der Waals surface area contributed by atoms with E-state index >= 15 is 0 Å². The molecule has 2 aliphatic rings. The summed E-state index contributed by atoms with van der Waals surface area (Å²) >= 11 is 0. The molecule has 5 nitrogen and oxygen atoms in total. The van der Waals surface area contributed by atoms with Gasteiger partial charge < -0.3 is 9.64 Å². The van der Waals surface area contributed by atoms with Crippen LogP contribution in [0.15, 0.2) is 36.4 Å². The van der Waals surface area contributed by atoms with Gasteiger partial charge in [-0.1, -0.05) is 31.5 Å². The molecule has 24 heavy (non-hydrogen) atoms. The molecule has 0 spiro atoms. The summed E-state index contributed by atoms with van der Waals surface area (Å²) in [5.41, 5.74) is 1.81. The molecule has 1 fully saturated rings. The van der Waals surface area contributed by atoms with Gasteiger partial charge in [-0.15, -0.1) is 0 Å². The van der Waals surface area contributed by atoms with Gasteiger partial charge in [0.05, 0.1) is 6.54 Å². The SMILES string of the molecule is CC1(CN2CCn3nc(COc4ccccc4)cc3C2=O)CCC1. The van der Waals surface area contributed by atoms with Crippen LogP contribution in [0.4, 0.5) is 0 Å². The van der Waals surface area contributed by atoms with E-state index in [0.717, 1.165) is 31.1 Å². The van der Waals surface area contributed by atoms with Crippen LogP contribution in [0.25, 0.3) is 0 Å². The standard InChI is InChI=1S/C19H23N3O2/c1-19(8-5-9-19)14-21-10-11-22-17(18(21)23)12-15(20-22)13-24-16-6-3-2-4-7-16/h2-4,6-7,12H,5,8-11,13-14H2,1H3. The molecule has 0 radical (unpaired) electrons. The molecule has 0 bridgehead atoms. The van der Waals surface area contributed by atoms with Gasteiger partial charge in [-0.2, -0.15) is 5.10 Å². The van der Waals surface area contributed by atoms with Crippen LogP contribution in [0.1, 0.15) is 42.4 Å². The van der Waals surface area contributed by atoms with Crippen molar-refractivity contribution in [1.29, 1.82) is 0 Å². The zero-order valence-electron chi connectivity index (χ0n) is 14.1. The number of ether oxygens (including phenoxy) is 1. The van der Waals surface area contributed by atoms with Crippen molar-refractivity contribution in [2.24, 2.45) is 5.41 Å². The predicted molar refractivity (Wildman–Crippen MR) is 90.9 cm³/mol. The molecule has 1 aliphatic heterocycles. The highest BCUT2D eigenvalue weighted by Gasteiger charge is 2.37. The molecule has 0 saturated heterocycles. The lowest BCUT2D eigenvalue weighted by Gasteiger charge is -2.43. The summed E-state index contributed by atoms with van der Waals surface area (Å²) in [5.74, 6) is 0.919. The minimum absolute atomic E-state index is 0.104. The second-order valence-corrected chi connectivity index (χ2v) is 7.24. The van der Waals surface area contributed by atoms with Crippen LogP contribution >= 0.6 is 0 Å². The van der Waals surface area contributed by atoms with E-state index in [4.69, 9.17) is 4.74 Å². The van der Waals surface area contributed by atoms with E-state index in [1.165, 1.54) is 19.3 Å². The van der Waals surface area contributed by atoms with Crippen LogP contribution < -0.4 is 4.74 Å². The first-order valence-corrected chi connectivity index (χ1v) is 8.67. The molecule has 2 aromatic rings. The van der Waals surface area contributed by atoms with Crippen molar-refractivity contribution in [3.05, 3.63) is 47.8 Å². The summed E-state index contributed by atoms with van der Waals surface area (Å²) in [4.78, 5) is 14.7. The molecule has 0 atom stereocenters. The van der Waals surface area contributed by atoms with Gasteiger partial charge in [-0.25, -0.2) is 0 Å². The molecule has 1 aromatic carbocycles. The number of aromatic nitrogens is 2. The Morgan fingerprint density at radius 3 is 2.71 bits per heavy atom. The number of carbonyl (C=O) groups is 1. The van der Waals surface area contributed by atoms with E-state index in [-0.39, 0.29) is 5.91 Å². The second-order valence-electron chi connectivity index (χ2n) is 7.24. The summed E-state index contributed by atoms with van der Waals surface area (Å²) in [7, 11) is 0. The molecule has 2 heterocycles. The van der Waals surface area contributed by atoms with Crippen molar-refractivity contribution < 1.29 is 9.53 Å². The summed E-state index contributed by atoms with van der Waals surface area (Å²) < 4.78 is 7.56. The lowest BCUT2D eigenvalue weighted by atomic mass is 9.70. The number of carbonyl (C=O) groups excluding carboxylic acids is 1. The molecule has 0 unspecified atom stereocenters. The Morgan fingerprint density at radius 1 is 1.21 bits per heavy atom. The number of benzene rings is 1. The first-order valence-electron chi connectivity index (χ1n) is 8.67. The van der Waals surface area contributed by atoms with Crippen molar-refractivity contribution in [2.75, 3.05) is 13.1 Å². The normalized spacial score (nSPS) is 18.9. The highest BCUT2D eigenvalue weighted by molar-refractivity contribution is 5.93. The lowest BCUT2D eigenvalue weighted by molar-refractivity contribution is 0.0464. The van der Waals surface area contributed by atoms with Gasteiger partial charge in [0.15, 0.2) is 0 Å². The number of rotatable bonds is 5. The van der Waals surface area contributed by atoms with Crippen molar-refractivity contribution in [1.82, 2.24) is 14.7 Å². The first kappa shape index (κ1) is 15.2. The molecule has 1 aliphatic carbocycles. The highest BCUT2D eigenvalue weighted by Crippen LogP contribution is 2.41. The Kier molecular flexibility index (Phi) is 3.79. The molecule has 4 rings (SSSR count). The van der Waals surface area contributed by atoms with Crippen molar-refractivity contribution >= 4 is 5.91 Å². The summed E-state index contributed by atoms with van der Waals surface area (Å²) in [6.45, 7) is 5.06. The fraction of sp³-hybridized carbons (Fsp3) is 0.474. The smallest absolute Gasteiger partial charge is 0.272 e. The average molecular weight is 325 g/mol. The molecular formula is C19H23N3O2. The van der Waals surface area contributed by atoms with E-state index in [9.17, 15) is 4.79 Å². The highest BCUT2D eigenvalue weighted by atomic mass is 16.5. The Balaban J connectivity index is 1.44. The van der Waals surface area contributed by atoms with E-state index in [1.807, 2.05) is 46.0 Å². The monoisotopic (exact) mass is 325 g/mol. The van der Waals surface area contributed by atoms with Gasteiger partial charge in [0, 0.05) is 13.1 Å². The Bertz CT molecular complexity index is 734. The van der Waals surface area contributed by atoms with Crippen LogP contribution in [-0.2, 0) is 13.2 Å². The maximum Gasteiger partial charge on any atom is 0.272 e. The Labute approximate surface area is 142 Å². The third-order valence-electron chi connectivity index (χ3n) is 5.18. The molecule has 126 valence electrons. The zero-order chi connectivity index (χ0) is 16.6. The summed E-state index contributed by atoms with van der Waals surface area (Å²) in [6, 6.07) is 11.6. The molecule has 1 aromatic heterocycles. The Hall–Kier alpha value is -2.30. The van der Waals surface area contributed by atoms with E-state index in [2.05, 4.69) is 12.0 Å². The minimum atomic E-state index is 0.104. The maximum atomic E-state index is 12.7. The van der Waals surface area contributed by atoms with Gasteiger partial charge in [-0.05, 0) is 36.5 Å². The van der Waals surface area contributed by atoms with Crippen LogP contribution in [0, 0.1) is 5.41 Å². The molecule has 1 amide bonds. The number of para-hydroxylation sites is 1. The zero-order valence-corrected chi connectivity index (χ0v) is 14.1. The minimum Gasteiger partial charge on any atom is -0.487 e. The van der Waals surface area contributed by atoms with Crippen LogP contribution in [0.3, 0.4) is 0 Å². The van der Waals surface area contributed by atoms with Gasteiger partial charge >= 0.3 is 0 Å². The van der Waals surface area contributed by atoms with Crippen molar-refractivity contribution in [3.8, 4) is 5.75 Å². The predicted octanol–water partition coefficient (Wildman–Crippen LogP) is 3.11. The number of hydrogen-bond donors (Lipinski definition) is 0. The van der Waals surface area contributed by atoms with E-state index in [0.29, 0.717) is 17.7 Å². The van der Waals surface area contributed by atoms with Crippen LogP contribution in [0.5, 0.6) is 5.75 Å². The first-order chi connectivity index (χ1) is 11.6. The summed E-state index contributed by atoms with van der Waals surface area (Å²) in [5, 5.41) is 4.53. The molecule has 0 N–H and O–H groups in total. The van der Waals surface area contributed by atoms with Gasteiger partial charge in [0.25, 0.3) is 5.91 Å². The third-order valence-corrected chi connectivity index (χ3v) is 5.18. The number of hydrogen-bond acceptors (Lipinski definition) is 3. The fourth-order valence-electron chi connectivity index (χ4n) is 3.59. The number of amides is 1. The van der Waals surface area contributed by atoms with E-state index in [1.54, 1.807) is 0 Å². The van der Waals surface area contributed by atoms with Crippen LogP contribution in [0.2, 0.25) is 0 Å². The second kappa shape index (κ2) is 5.96. The van der Waals surface area contributed by atoms with Gasteiger partial charge in [-0.3, -0.25) is 9.48 Å². The van der Waals surface area contributed by atoms with E-state index < -0.39 is 0 Å². The molecule has 1 saturated carbocycles. The Morgan fingerprint density at radius 2 is 2.00 bits per heavy atom. The number of nitrogens with zero attached hydrogens (tertiary/aromatic N) is 3. The van der Waals surface area contributed by atoms with Gasteiger partial charge in [0.2, 0.25) is 0 Å². The van der Waals surface area contributed by atoms with Crippen LogP contribution in [-0.4, -0.2) is 33.7 Å². The molecule has 5 heteroatoms. The number of fused-ring (bicyclic) bond motifs is 1. The van der Waals surface area contributed by atoms with Crippen molar-refractivity contribution in [2.45, 2.75) is 39.3 Å². The molecular weight excluding hydrogens is 302 g/mol. The van der Waals surface area contributed by atoms with Crippen molar-refractivity contribution in [3.63, 3.8) is 0 Å². The quantitative estimate of drug-likeness (QED) is 0.848. The topological polar surface area (TPSA) is 47.4 Å². The van der Waals surface area contributed by atoms with Gasteiger partial charge in [0.1, 0.15) is 23.7 Å². The lowest BCUT2D eigenvalue weighted by Crippen LogP contribution is -2.47. The average Bonchev–Trinajstić information content (AvgIpc) is 2.99. The third kappa shape index (κ3) is 2.90. The summed E-state index contributed by atoms with van der Waals surface area (Å²) in [6.07, 6.45) is 3.75. The largest absolute Gasteiger partial charge is 0.487 e. The maximum absolute atomic E-state index is 12.7.